The fraction of sp³-hybridized carbons (Fsp3) is 0.211. The van der Waals surface area contributed by atoms with Gasteiger partial charge in [0.15, 0.2) is 0 Å². The average molecular weight is 294 g/mol. The van der Waals surface area contributed by atoms with Crippen LogP contribution in [0.25, 0.3) is 5.57 Å². The van der Waals surface area contributed by atoms with E-state index in [4.69, 9.17) is 0 Å². The molecule has 0 saturated carbocycles. The van der Waals surface area contributed by atoms with Crippen LogP contribution in [0.4, 0.5) is 0 Å². The van der Waals surface area contributed by atoms with Gasteiger partial charge in [-0.3, -0.25) is 4.79 Å². The molecule has 0 fully saturated rings. The number of carbonyl (C=O) groups excluding carboxylic acids is 1. The minimum atomic E-state index is -0.0343. The summed E-state index contributed by atoms with van der Waals surface area (Å²) in [4.78, 5) is 12.0. The Balaban J connectivity index is 1.98. The second-order valence-corrected chi connectivity index (χ2v) is 5.13. The largest absolute Gasteiger partial charge is 0.352 e. The lowest BCUT2D eigenvalue weighted by atomic mass is 9.98. The predicted molar refractivity (Wildman–Crippen MR) is 91.9 cm³/mol. The zero-order chi connectivity index (χ0) is 15.8. The van der Waals surface area contributed by atoms with E-state index in [-0.39, 0.29) is 5.91 Å². The summed E-state index contributed by atoms with van der Waals surface area (Å²) in [6.07, 6.45) is 0.922. The number of hydrogen-bond donors (Lipinski definition) is 2. The summed E-state index contributed by atoms with van der Waals surface area (Å²) >= 11 is 0. The van der Waals surface area contributed by atoms with E-state index in [1.54, 1.807) is 0 Å². The molecule has 2 aromatic carbocycles. The molecule has 2 N–H and O–H groups in total. The predicted octanol–water partition coefficient (Wildman–Crippen LogP) is 3.09. The lowest BCUT2D eigenvalue weighted by Gasteiger charge is -2.08. The minimum Gasteiger partial charge on any atom is -0.352 e. The first-order valence-electron chi connectivity index (χ1n) is 7.50. The van der Waals surface area contributed by atoms with Crippen LogP contribution in [0.15, 0.2) is 61.2 Å². The van der Waals surface area contributed by atoms with E-state index in [2.05, 4.69) is 17.2 Å². The molecule has 0 bridgehead atoms. The number of benzene rings is 2. The molecule has 3 heteroatoms. The number of carbonyl (C=O) groups is 1. The SMILES string of the molecule is C=C(c1ccccc1)c1ccc(C(=O)NCCCNC)cc1. The lowest BCUT2D eigenvalue weighted by molar-refractivity contribution is 0.0953. The molecule has 0 aliphatic heterocycles. The molecule has 0 aliphatic rings. The maximum atomic E-state index is 12.0. The van der Waals surface area contributed by atoms with Gasteiger partial charge in [0.05, 0.1) is 0 Å². The van der Waals surface area contributed by atoms with Gasteiger partial charge in [-0.15, -0.1) is 0 Å². The molecule has 1 amide bonds. The van der Waals surface area contributed by atoms with Crippen LogP contribution in [0.1, 0.15) is 27.9 Å². The third-order valence-corrected chi connectivity index (χ3v) is 3.51. The van der Waals surface area contributed by atoms with Crippen molar-refractivity contribution >= 4 is 11.5 Å². The van der Waals surface area contributed by atoms with Gasteiger partial charge in [0.25, 0.3) is 5.91 Å². The van der Waals surface area contributed by atoms with Crippen LogP contribution < -0.4 is 10.6 Å². The molecule has 2 aromatic rings. The third-order valence-electron chi connectivity index (χ3n) is 3.51. The van der Waals surface area contributed by atoms with E-state index in [1.807, 2.05) is 61.6 Å². The van der Waals surface area contributed by atoms with Crippen molar-refractivity contribution in [2.75, 3.05) is 20.1 Å². The quantitative estimate of drug-likeness (QED) is 0.771. The van der Waals surface area contributed by atoms with E-state index < -0.39 is 0 Å². The van der Waals surface area contributed by atoms with Gasteiger partial charge in [-0.25, -0.2) is 0 Å². The molecule has 3 nitrogen and oxygen atoms in total. The first kappa shape index (κ1) is 16.0. The van der Waals surface area contributed by atoms with E-state index in [0.717, 1.165) is 29.7 Å². The number of nitrogens with one attached hydrogen (secondary N) is 2. The Morgan fingerprint density at radius 3 is 2.14 bits per heavy atom. The van der Waals surface area contributed by atoms with Crippen LogP contribution in [0, 0.1) is 0 Å². The van der Waals surface area contributed by atoms with Gasteiger partial charge in [0.1, 0.15) is 0 Å². The van der Waals surface area contributed by atoms with Gasteiger partial charge in [0.2, 0.25) is 0 Å². The lowest BCUT2D eigenvalue weighted by Crippen LogP contribution is -2.26. The summed E-state index contributed by atoms with van der Waals surface area (Å²) in [5.41, 5.74) is 3.75. The normalized spacial score (nSPS) is 10.2. The summed E-state index contributed by atoms with van der Waals surface area (Å²) in [5.74, 6) is -0.0343. The molecule has 0 saturated heterocycles. The second-order valence-electron chi connectivity index (χ2n) is 5.13. The highest BCUT2D eigenvalue weighted by Gasteiger charge is 2.06. The van der Waals surface area contributed by atoms with E-state index >= 15 is 0 Å². The Hall–Kier alpha value is -2.39. The van der Waals surface area contributed by atoms with Gasteiger partial charge in [0, 0.05) is 12.1 Å². The molecular weight excluding hydrogens is 272 g/mol. The number of hydrogen-bond acceptors (Lipinski definition) is 2. The van der Waals surface area contributed by atoms with Gasteiger partial charge >= 0.3 is 0 Å². The average Bonchev–Trinajstić information content (AvgIpc) is 2.59. The molecule has 0 atom stereocenters. The van der Waals surface area contributed by atoms with Crippen LogP contribution >= 0.6 is 0 Å². The summed E-state index contributed by atoms with van der Waals surface area (Å²) in [5, 5.41) is 5.97. The monoisotopic (exact) mass is 294 g/mol. The van der Waals surface area contributed by atoms with E-state index in [9.17, 15) is 4.79 Å². The smallest absolute Gasteiger partial charge is 0.251 e. The topological polar surface area (TPSA) is 41.1 Å². The van der Waals surface area contributed by atoms with Gasteiger partial charge in [-0.05, 0) is 48.8 Å². The Kier molecular flexibility index (Phi) is 5.92. The van der Waals surface area contributed by atoms with Crippen LogP contribution in [-0.2, 0) is 0 Å². The Labute approximate surface area is 132 Å². The third kappa shape index (κ3) is 4.30. The molecule has 0 radical (unpaired) electrons. The van der Waals surface area contributed by atoms with Gasteiger partial charge < -0.3 is 10.6 Å². The maximum Gasteiger partial charge on any atom is 0.251 e. The highest BCUT2D eigenvalue weighted by molar-refractivity contribution is 5.94. The van der Waals surface area contributed by atoms with Crippen molar-refractivity contribution in [2.24, 2.45) is 0 Å². The number of amides is 1. The zero-order valence-corrected chi connectivity index (χ0v) is 12.9. The highest BCUT2D eigenvalue weighted by Crippen LogP contribution is 2.21. The fourth-order valence-electron chi connectivity index (χ4n) is 2.20. The van der Waals surface area contributed by atoms with Crippen molar-refractivity contribution in [2.45, 2.75) is 6.42 Å². The standard InChI is InChI=1S/C19H22N2O/c1-15(16-7-4-3-5-8-16)17-9-11-18(12-10-17)19(22)21-14-6-13-20-2/h3-5,7-12,20H,1,6,13-14H2,2H3,(H,21,22). The zero-order valence-electron chi connectivity index (χ0n) is 12.9. The molecule has 114 valence electrons. The Bertz CT molecular complexity index is 618. The Morgan fingerprint density at radius 2 is 1.50 bits per heavy atom. The maximum absolute atomic E-state index is 12.0. The van der Waals surface area contributed by atoms with Crippen LogP contribution in [-0.4, -0.2) is 26.0 Å². The van der Waals surface area contributed by atoms with Crippen molar-refractivity contribution in [1.29, 1.82) is 0 Å². The van der Waals surface area contributed by atoms with Crippen molar-refractivity contribution in [3.05, 3.63) is 77.9 Å². The fourth-order valence-corrected chi connectivity index (χ4v) is 2.20. The van der Waals surface area contributed by atoms with Gasteiger partial charge in [-0.2, -0.15) is 0 Å². The molecule has 0 aromatic heterocycles. The summed E-state index contributed by atoms with van der Waals surface area (Å²) in [6, 6.07) is 17.6. The minimum absolute atomic E-state index is 0.0343. The van der Waals surface area contributed by atoms with Crippen LogP contribution in [0.3, 0.4) is 0 Å². The van der Waals surface area contributed by atoms with Gasteiger partial charge in [-0.1, -0.05) is 49.0 Å². The second kappa shape index (κ2) is 8.15. The molecule has 0 unspecified atom stereocenters. The van der Waals surface area contributed by atoms with Crippen molar-refractivity contribution in [3.63, 3.8) is 0 Å². The molecule has 2 rings (SSSR count). The summed E-state index contributed by atoms with van der Waals surface area (Å²) in [7, 11) is 1.90. The van der Waals surface area contributed by atoms with Crippen molar-refractivity contribution in [1.82, 2.24) is 10.6 Å². The molecule has 0 spiro atoms. The van der Waals surface area contributed by atoms with Crippen LogP contribution in [0.2, 0.25) is 0 Å². The molecule has 22 heavy (non-hydrogen) atoms. The summed E-state index contributed by atoms with van der Waals surface area (Å²) < 4.78 is 0. The van der Waals surface area contributed by atoms with Crippen molar-refractivity contribution < 1.29 is 4.79 Å². The highest BCUT2D eigenvalue weighted by atomic mass is 16.1. The Morgan fingerprint density at radius 1 is 0.909 bits per heavy atom. The van der Waals surface area contributed by atoms with Crippen molar-refractivity contribution in [3.8, 4) is 0 Å². The molecule has 0 heterocycles. The molecule has 0 aliphatic carbocycles. The first-order chi connectivity index (χ1) is 10.7. The van der Waals surface area contributed by atoms with Crippen LogP contribution in [0.5, 0.6) is 0 Å². The number of rotatable bonds is 7. The van der Waals surface area contributed by atoms with E-state index in [1.165, 1.54) is 0 Å². The van der Waals surface area contributed by atoms with E-state index in [0.29, 0.717) is 12.1 Å². The first-order valence-corrected chi connectivity index (χ1v) is 7.50. The summed E-state index contributed by atoms with van der Waals surface area (Å²) in [6.45, 7) is 5.71. The molecular formula is C19H22N2O.